The summed E-state index contributed by atoms with van der Waals surface area (Å²) in [6.07, 6.45) is 8.98. The molecular weight excluding hydrogens is 336 g/mol. The van der Waals surface area contributed by atoms with Crippen LogP contribution in [0.3, 0.4) is 0 Å². The predicted octanol–water partition coefficient (Wildman–Crippen LogP) is 4.04. The number of aliphatic hydroxyl groups excluding tert-OH is 1. The molecule has 142 valence electrons. The number of aromatic hydroxyl groups is 1. The van der Waals surface area contributed by atoms with Crippen LogP contribution in [0.5, 0.6) is 5.75 Å². The molecule has 2 fully saturated rings. The molecule has 1 aromatic heterocycles. The van der Waals surface area contributed by atoms with Gasteiger partial charge in [0.25, 0.3) is 0 Å². The molecule has 3 aliphatic carbocycles. The number of hydrogen-bond acceptors (Lipinski definition) is 3. The van der Waals surface area contributed by atoms with E-state index in [0.29, 0.717) is 23.5 Å². The normalized spacial score (nSPS) is 36.3. The average molecular weight is 364 g/mol. The summed E-state index contributed by atoms with van der Waals surface area (Å²) in [5, 5.41) is 25.3. The average Bonchev–Trinajstić information content (AvgIpc) is 3.17. The van der Waals surface area contributed by atoms with Crippen LogP contribution in [0.4, 0.5) is 0 Å². The maximum absolute atomic E-state index is 11.2. The standard InChI is InChI=1S/C23H28N2O2/c1-23-9-7-19-18-6-4-17(26)12-14(18)3-5-20(19)21(23)13-15(22(23)27)11-16-8-10-24-25(16)2/h4,6,8,10-12,19-22,26-27H,3,5,7,9,13H2,1-2H3/b15-11+/t19-,20+,21+,22+,23-/m0/s1. The number of aliphatic hydroxyl groups is 1. The molecule has 4 heteroatoms. The van der Waals surface area contributed by atoms with E-state index in [1.54, 1.807) is 0 Å². The van der Waals surface area contributed by atoms with E-state index in [0.717, 1.165) is 37.8 Å². The molecule has 0 radical (unpaired) electrons. The summed E-state index contributed by atoms with van der Waals surface area (Å²) in [5.74, 6) is 2.08. The van der Waals surface area contributed by atoms with Gasteiger partial charge in [0.2, 0.25) is 0 Å². The second-order valence-electron chi connectivity index (χ2n) is 9.05. The molecule has 0 saturated heterocycles. The van der Waals surface area contributed by atoms with E-state index in [2.05, 4.69) is 24.2 Å². The molecule has 5 atom stereocenters. The van der Waals surface area contributed by atoms with Gasteiger partial charge in [0.1, 0.15) is 5.75 Å². The van der Waals surface area contributed by atoms with Crippen molar-refractivity contribution >= 4 is 6.08 Å². The predicted molar refractivity (Wildman–Crippen MR) is 105 cm³/mol. The SMILES string of the molecule is Cn1nccc1/C=C1\C[C@@H]2[C@@H]3CCc4cc(O)ccc4[C@@H]3CC[C@]2(C)[C@@H]1O. The minimum Gasteiger partial charge on any atom is -0.508 e. The van der Waals surface area contributed by atoms with Gasteiger partial charge in [0, 0.05) is 18.7 Å². The third kappa shape index (κ3) is 2.49. The van der Waals surface area contributed by atoms with Crippen LogP contribution in [-0.4, -0.2) is 26.1 Å². The molecule has 2 aromatic rings. The fraction of sp³-hybridized carbons (Fsp3) is 0.522. The van der Waals surface area contributed by atoms with Crippen molar-refractivity contribution in [2.75, 3.05) is 0 Å². The monoisotopic (exact) mass is 364 g/mol. The highest BCUT2D eigenvalue weighted by atomic mass is 16.3. The van der Waals surface area contributed by atoms with Crippen LogP contribution >= 0.6 is 0 Å². The van der Waals surface area contributed by atoms with Crippen molar-refractivity contribution in [2.45, 2.75) is 51.0 Å². The Labute approximate surface area is 160 Å². The van der Waals surface area contributed by atoms with Crippen LogP contribution in [0, 0.1) is 17.3 Å². The van der Waals surface area contributed by atoms with Crippen molar-refractivity contribution in [3.63, 3.8) is 0 Å². The summed E-state index contributed by atoms with van der Waals surface area (Å²) in [6, 6.07) is 7.95. The van der Waals surface area contributed by atoms with Gasteiger partial charge in [-0.05, 0) is 90.8 Å². The van der Waals surface area contributed by atoms with Gasteiger partial charge in [-0.2, -0.15) is 5.10 Å². The lowest BCUT2D eigenvalue weighted by Crippen LogP contribution is -2.44. The Morgan fingerprint density at radius 2 is 2.11 bits per heavy atom. The maximum atomic E-state index is 11.2. The van der Waals surface area contributed by atoms with Gasteiger partial charge < -0.3 is 10.2 Å². The van der Waals surface area contributed by atoms with Crippen molar-refractivity contribution in [2.24, 2.45) is 24.3 Å². The first-order valence-corrected chi connectivity index (χ1v) is 10.2. The Hall–Kier alpha value is -2.07. The summed E-state index contributed by atoms with van der Waals surface area (Å²) in [4.78, 5) is 0. The van der Waals surface area contributed by atoms with Gasteiger partial charge in [-0.15, -0.1) is 0 Å². The van der Waals surface area contributed by atoms with Crippen molar-refractivity contribution in [3.8, 4) is 5.75 Å². The molecular formula is C23H28N2O2. The van der Waals surface area contributed by atoms with Crippen molar-refractivity contribution in [1.29, 1.82) is 0 Å². The molecule has 2 saturated carbocycles. The minimum atomic E-state index is -0.362. The van der Waals surface area contributed by atoms with E-state index < -0.39 is 0 Å². The number of fused-ring (bicyclic) bond motifs is 5. The van der Waals surface area contributed by atoms with Gasteiger partial charge in [-0.1, -0.05) is 13.0 Å². The molecule has 5 rings (SSSR count). The van der Waals surface area contributed by atoms with Gasteiger partial charge >= 0.3 is 0 Å². The Morgan fingerprint density at radius 1 is 1.26 bits per heavy atom. The first-order chi connectivity index (χ1) is 13.0. The highest BCUT2D eigenvalue weighted by Gasteiger charge is 2.56. The summed E-state index contributed by atoms with van der Waals surface area (Å²) < 4.78 is 1.87. The van der Waals surface area contributed by atoms with E-state index in [4.69, 9.17) is 0 Å². The molecule has 0 bridgehead atoms. The summed E-state index contributed by atoms with van der Waals surface area (Å²) in [6.45, 7) is 2.30. The fourth-order valence-electron chi connectivity index (χ4n) is 6.28. The van der Waals surface area contributed by atoms with Crippen molar-refractivity contribution in [1.82, 2.24) is 9.78 Å². The van der Waals surface area contributed by atoms with Crippen LogP contribution in [0.1, 0.15) is 55.3 Å². The largest absolute Gasteiger partial charge is 0.508 e. The lowest BCUT2D eigenvalue weighted by Gasteiger charge is -2.49. The Kier molecular flexibility index (Phi) is 3.77. The minimum absolute atomic E-state index is 0.0278. The lowest BCUT2D eigenvalue weighted by atomic mass is 9.55. The second kappa shape index (κ2) is 5.96. The molecule has 2 N–H and O–H groups in total. The highest BCUT2D eigenvalue weighted by Crippen LogP contribution is 2.62. The molecule has 0 amide bonds. The first-order valence-electron chi connectivity index (χ1n) is 10.2. The zero-order valence-corrected chi connectivity index (χ0v) is 16.1. The zero-order chi connectivity index (χ0) is 18.8. The van der Waals surface area contributed by atoms with E-state index in [1.165, 1.54) is 16.7 Å². The van der Waals surface area contributed by atoms with Crippen molar-refractivity contribution < 1.29 is 10.2 Å². The molecule has 0 aliphatic heterocycles. The second-order valence-corrected chi connectivity index (χ2v) is 9.05. The van der Waals surface area contributed by atoms with Crippen LogP contribution < -0.4 is 0 Å². The smallest absolute Gasteiger partial charge is 0.115 e. The number of aryl methyl sites for hydroxylation is 2. The molecule has 1 aromatic carbocycles. The van der Waals surface area contributed by atoms with Gasteiger partial charge in [0.05, 0.1) is 11.8 Å². The molecule has 0 unspecified atom stereocenters. The van der Waals surface area contributed by atoms with Gasteiger partial charge in [0.15, 0.2) is 0 Å². The zero-order valence-electron chi connectivity index (χ0n) is 16.1. The summed E-state index contributed by atoms with van der Waals surface area (Å²) >= 11 is 0. The quantitative estimate of drug-likeness (QED) is 0.803. The van der Waals surface area contributed by atoms with Crippen LogP contribution in [0.2, 0.25) is 0 Å². The Bertz CT molecular complexity index is 915. The molecule has 0 spiro atoms. The van der Waals surface area contributed by atoms with E-state index in [9.17, 15) is 10.2 Å². The third-order valence-corrected chi connectivity index (χ3v) is 7.77. The van der Waals surface area contributed by atoms with Gasteiger partial charge in [-0.25, -0.2) is 0 Å². The van der Waals surface area contributed by atoms with Crippen LogP contribution in [0.15, 0.2) is 36.0 Å². The Balaban J connectivity index is 1.50. The van der Waals surface area contributed by atoms with Crippen LogP contribution in [0.25, 0.3) is 6.08 Å². The number of hydrogen-bond donors (Lipinski definition) is 2. The third-order valence-electron chi connectivity index (χ3n) is 7.77. The number of nitrogens with zero attached hydrogens (tertiary/aromatic N) is 2. The lowest BCUT2D eigenvalue weighted by molar-refractivity contribution is -0.0158. The number of phenols is 1. The fourth-order valence-corrected chi connectivity index (χ4v) is 6.28. The number of aromatic nitrogens is 2. The number of rotatable bonds is 1. The highest BCUT2D eigenvalue weighted by molar-refractivity contribution is 5.52. The van der Waals surface area contributed by atoms with E-state index >= 15 is 0 Å². The molecule has 3 aliphatic rings. The summed E-state index contributed by atoms with van der Waals surface area (Å²) in [7, 11) is 1.95. The molecule has 4 nitrogen and oxygen atoms in total. The first kappa shape index (κ1) is 17.1. The van der Waals surface area contributed by atoms with Gasteiger partial charge in [-0.3, -0.25) is 4.68 Å². The summed E-state index contributed by atoms with van der Waals surface area (Å²) in [5.41, 5.74) is 4.96. The molecule has 27 heavy (non-hydrogen) atoms. The number of benzene rings is 1. The maximum Gasteiger partial charge on any atom is 0.115 e. The molecule has 1 heterocycles. The number of phenolic OH excluding ortho intramolecular Hbond substituents is 1. The van der Waals surface area contributed by atoms with E-state index in [1.807, 2.05) is 36.1 Å². The van der Waals surface area contributed by atoms with Crippen molar-refractivity contribution in [3.05, 3.63) is 52.9 Å². The van der Waals surface area contributed by atoms with E-state index in [-0.39, 0.29) is 11.5 Å². The Morgan fingerprint density at radius 3 is 2.89 bits per heavy atom. The van der Waals surface area contributed by atoms with Crippen LogP contribution in [-0.2, 0) is 13.5 Å². The topological polar surface area (TPSA) is 58.3 Å².